The van der Waals surface area contributed by atoms with Gasteiger partial charge < -0.3 is 10.5 Å². The van der Waals surface area contributed by atoms with Crippen molar-refractivity contribution in [2.24, 2.45) is 5.73 Å². The van der Waals surface area contributed by atoms with E-state index in [2.05, 4.69) is 9.72 Å². The van der Waals surface area contributed by atoms with Crippen molar-refractivity contribution >= 4 is 22.6 Å². The first-order valence-corrected chi connectivity index (χ1v) is 5.46. The van der Waals surface area contributed by atoms with E-state index in [4.69, 9.17) is 11.0 Å². The second-order valence-corrected chi connectivity index (χ2v) is 4.03. The Morgan fingerprint density at radius 3 is 2.65 bits per heavy atom. The van der Waals surface area contributed by atoms with E-state index >= 15 is 0 Å². The maximum Gasteiger partial charge on any atom is 0.573 e. The molecular formula is C9H7F3IN3O. The Labute approximate surface area is 109 Å². The van der Waals surface area contributed by atoms with Gasteiger partial charge in [-0.15, -0.1) is 13.2 Å². The largest absolute Gasteiger partial charge is 0.573 e. The first kappa shape index (κ1) is 14.0. The number of nitriles is 1. The summed E-state index contributed by atoms with van der Waals surface area (Å²) in [6.07, 6.45) is -3.83. The number of hydrogen-bond acceptors (Lipinski definition) is 4. The third-order valence-electron chi connectivity index (χ3n) is 1.84. The average Bonchev–Trinajstić information content (AvgIpc) is 2.21. The van der Waals surface area contributed by atoms with E-state index in [0.717, 1.165) is 6.20 Å². The molecule has 1 aromatic rings. The number of hydrogen-bond donors (Lipinski definition) is 1. The number of nitrogens with two attached hydrogens (primary N) is 1. The minimum Gasteiger partial charge on any atom is -0.403 e. The van der Waals surface area contributed by atoms with Crippen LogP contribution in [0.5, 0.6) is 5.75 Å². The molecule has 0 atom stereocenters. The van der Waals surface area contributed by atoms with E-state index in [1.165, 1.54) is 0 Å². The number of halogens is 4. The molecule has 0 bridgehead atoms. The van der Waals surface area contributed by atoms with Crippen LogP contribution in [0.25, 0.3) is 0 Å². The van der Waals surface area contributed by atoms with Gasteiger partial charge in [-0.05, 0) is 22.6 Å². The van der Waals surface area contributed by atoms with Crippen LogP contribution in [-0.4, -0.2) is 11.3 Å². The van der Waals surface area contributed by atoms with E-state index in [1.807, 2.05) is 6.07 Å². The molecular weight excluding hydrogens is 350 g/mol. The lowest BCUT2D eigenvalue weighted by molar-refractivity contribution is -0.275. The third-order valence-corrected chi connectivity index (χ3v) is 3.03. The molecule has 1 heterocycles. The van der Waals surface area contributed by atoms with E-state index < -0.39 is 12.1 Å². The van der Waals surface area contributed by atoms with Gasteiger partial charge in [0.15, 0.2) is 5.75 Å². The lowest BCUT2D eigenvalue weighted by atomic mass is 10.1. The van der Waals surface area contributed by atoms with Crippen LogP contribution in [0.4, 0.5) is 13.2 Å². The molecule has 0 radical (unpaired) electrons. The van der Waals surface area contributed by atoms with E-state index in [9.17, 15) is 13.2 Å². The van der Waals surface area contributed by atoms with E-state index in [0.29, 0.717) is 11.3 Å². The lowest BCUT2D eigenvalue weighted by Gasteiger charge is -2.13. The first-order chi connectivity index (χ1) is 7.89. The highest BCUT2D eigenvalue weighted by Gasteiger charge is 2.32. The van der Waals surface area contributed by atoms with E-state index in [-0.39, 0.29) is 16.5 Å². The molecule has 0 aliphatic heterocycles. The summed E-state index contributed by atoms with van der Waals surface area (Å²) < 4.78 is 40.2. The summed E-state index contributed by atoms with van der Waals surface area (Å²) in [4.78, 5) is 3.75. The zero-order chi connectivity index (χ0) is 13.1. The Morgan fingerprint density at radius 1 is 1.53 bits per heavy atom. The number of pyridine rings is 1. The Kier molecular flexibility index (Phi) is 4.53. The van der Waals surface area contributed by atoms with Crippen molar-refractivity contribution in [3.05, 3.63) is 21.0 Å². The number of aromatic nitrogens is 1. The van der Waals surface area contributed by atoms with Gasteiger partial charge in [0, 0.05) is 12.1 Å². The highest BCUT2D eigenvalue weighted by atomic mass is 127. The van der Waals surface area contributed by atoms with Crippen molar-refractivity contribution in [3.63, 3.8) is 0 Å². The van der Waals surface area contributed by atoms with Gasteiger partial charge in [0.05, 0.1) is 28.0 Å². The molecule has 2 N–H and O–H groups in total. The fraction of sp³-hybridized carbons (Fsp3) is 0.333. The van der Waals surface area contributed by atoms with Crippen LogP contribution in [0.3, 0.4) is 0 Å². The zero-order valence-corrected chi connectivity index (χ0v) is 10.5. The van der Waals surface area contributed by atoms with Gasteiger partial charge in [0.25, 0.3) is 0 Å². The van der Waals surface area contributed by atoms with E-state index in [1.54, 1.807) is 22.6 Å². The molecule has 0 aliphatic rings. The lowest BCUT2D eigenvalue weighted by Crippen LogP contribution is -2.19. The van der Waals surface area contributed by atoms with Gasteiger partial charge in [-0.3, -0.25) is 4.98 Å². The molecule has 92 valence electrons. The number of rotatable bonds is 3. The van der Waals surface area contributed by atoms with Crippen LogP contribution in [-0.2, 0) is 13.0 Å². The van der Waals surface area contributed by atoms with Crippen molar-refractivity contribution in [2.45, 2.75) is 19.3 Å². The Morgan fingerprint density at radius 2 is 2.18 bits per heavy atom. The summed E-state index contributed by atoms with van der Waals surface area (Å²) in [7, 11) is 0. The number of nitrogens with zero attached hydrogens (tertiary/aromatic N) is 2. The second kappa shape index (κ2) is 5.50. The minimum atomic E-state index is -4.77. The predicted molar refractivity (Wildman–Crippen MR) is 60.8 cm³/mol. The van der Waals surface area contributed by atoms with Crippen LogP contribution >= 0.6 is 22.6 Å². The quantitative estimate of drug-likeness (QED) is 0.842. The van der Waals surface area contributed by atoms with Gasteiger partial charge in [-0.25, -0.2) is 0 Å². The highest BCUT2D eigenvalue weighted by Crippen LogP contribution is 2.30. The third kappa shape index (κ3) is 3.71. The molecule has 0 saturated carbocycles. The van der Waals surface area contributed by atoms with Crippen molar-refractivity contribution in [3.8, 4) is 11.8 Å². The molecule has 8 heteroatoms. The molecule has 1 rings (SSSR count). The van der Waals surface area contributed by atoms with Gasteiger partial charge in [-0.1, -0.05) is 0 Å². The smallest absolute Gasteiger partial charge is 0.403 e. The standard InChI is InChI=1S/C9H7F3IN3O/c10-9(11,12)17-7-4-16-6(1-2-14)5(3-15)8(7)13/h4H,1,3,15H2. The monoisotopic (exact) mass is 357 g/mol. The van der Waals surface area contributed by atoms with Crippen LogP contribution in [0, 0.1) is 14.9 Å². The zero-order valence-electron chi connectivity index (χ0n) is 8.38. The summed E-state index contributed by atoms with van der Waals surface area (Å²) in [6, 6.07) is 1.87. The Bertz CT molecular complexity index is 456. The van der Waals surface area contributed by atoms with Crippen LogP contribution in [0.1, 0.15) is 11.3 Å². The van der Waals surface area contributed by atoms with Crippen molar-refractivity contribution in [2.75, 3.05) is 0 Å². The SMILES string of the molecule is N#CCc1ncc(OC(F)(F)F)c(I)c1CN. The fourth-order valence-corrected chi connectivity index (χ4v) is 1.96. The van der Waals surface area contributed by atoms with Crippen molar-refractivity contribution in [1.29, 1.82) is 5.26 Å². The topological polar surface area (TPSA) is 71.9 Å². The minimum absolute atomic E-state index is 0.00264. The molecule has 0 amide bonds. The normalized spacial score (nSPS) is 11.1. The first-order valence-electron chi connectivity index (χ1n) is 4.38. The Balaban J connectivity index is 3.16. The summed E-state index contributed by atoms with van der Waals surface area (Å²) in [5, 5.41) is 8.54. The molecule has 0 saturated heterocycles. The maximum atomic E-state index is 12.1. The number of alkyl halides is 3. The Hall–Kier alpha value is -1.08. The summed E-state index contributed by atoms with van der Waals surface area (Å²) >= 11 is 1.69. The molecule has 0 aromatic carbocycles. The van der Waals surface area contributed by atoms with Crippen molar-refractivity contribution in [1.82, 2.24) is 4.98 Å². The van der Waals surface area contributed by atoms with Crippen LogP contribution in [0.15, 0.2) is 6.20 Å². The summed E-state index contributed by atoms with van der Waals surface area (Å²) in [5.41, 5.74) is 6.19. The molecule has 0 spiro atoms. The molecule has 0 aliphatic carbocycles. The van der Waals surface area contributed by atoms with Gasteiger partial charge in [-0.2, -0.15) is 5.26 Å². The summed E-state index contributed by atoms with van der Waals surface area (Å²) in [6.45, 7) is -0.00264. The molecule has 4 nitrogen and oxygen atoms in total. The van der Waals surface area contributed by atoms with Gasteiger partial charge in [0.2, 0.25) is 0 Å². The summed E-state index contributed by atoms with van der Waals surface area (Å²) in [5.74, 6) is -0.403. The number of ether oxygens (including phenoxy) is 1. The molecule has 0 fully saturated rings. The molecule has 17 heavy (non-hydrogen) atoms. The maximum absolute atomic E-state index is 12.1. The van der Waals surface area contributed by atoms with Gasteiger partial charge in [0.1, 0.15) is 0 Å². The molecule has 1 aromatic heterocycles. The predicted octanol–water partition coefficient (Wildman–Crippen LogP) is 2.11. The van der Waals surface area contributed by atoms with Crippen LogP contribution in [0.2, 0.25) is 0 Å². The molecule has 0 unspecified atom stereocenters. The second-order valence-electron chi connectivity index (χ2n) is 2.95. The van der Waals surface area contributed by atoms with Crippen LogP contribution < -0.4 is 10.5 Å². The average molecular weight is 357 g/mol. The van der Waals surface area contributed by atoms with Crippen molar-refractivity contribution < 1.29 is 17.9 Å². The fourth-order valence-electron chi connectivity index (χ4n) is 1.18. The van der Waals surface area contributed by atoms with Gasteiger partial charge >= 0.3 is 6.36 Å². The highest BCUT2D eigenvalue weighted by molar-refractivity contribution is 14.1.